The van der Waals surface area contributed by atoms with Crippen LogP contribution in [0, 0.1) is 0 Å². The molecule has 0 atom stereocenters. The lowest BCUT2D eigenvalue weighted by atomic mass is 10.2. The van der Waals surface area contributed by atoms with Crippen molar-refractivity contribution in [1.82, 2.24) is 4.90 Å². The summed E-state index contributed by atoms with van der Waals surface area (Å²) in [6.07, 6.45) is 0. The first-order chi connectivity index (χ1) is 10.1. The highest BCUT2D eigenvalue weighted by Crippen LogP contribution is 2.28. The number of carbonyl (C=O) groups excluding carboxylic acids is 1. The molecule has 2 rings (SSSR count). The minimum Gasteiger partial charge on any atom is -0.489 e. The van der Waals surface area contributed by atoms with Gasteiger partial charge in [-0.15, -0.1) is 0 Å². The fourth-order valence-electron chi connectivity index (χ4n) is 2.36. The van der Waals surface area contributed by atoms with Gasteiger partial charge in [0.05, 0.1) is 12.3 Å². The van der Waals surface area contributed by atoms with Crippen LogP contribution in [0.2, 0.25) is 0 Å². The van der Waals surface area contributed by atoms with Crippen LogP contribution in [-0.4, -0.2) is 57.3 Å². The second-order valence-corrected chi connectivity index (χ2v) is 5.06. The van der Waals surface area contributed by atoms with Crippen molar-refractivity contribution < 1.29 is 14.3 Å². The van der Waals surface area contributed by atoms with E-state index in [1.54, 1.807) is 14.0 Å². The van der Waals surface area contributed by atoms with Crippen LogP contribution in [0.15, 0.2) is 18.2 Å². The average molecular weight is 293 g/mol. The smallest absolute Gasteiger partial charge is 0.219 e. The molecule has 1 aliphatic rings. The van der Waals surface area contributed by atoms with Crippen LogP contribution in [0.3, 0.4) is 0 Å². The molecule has 6 heteroatoms. The van der Waals surface area contributed by atoms with Gasteiger partial charge in [0.1, 0.15) is 12.4 Å². The number of nitrogens with two attached hydrogens (primary N) is 1. The SMILES string of the molecule is COCCOc1cc(N2CCN(C(C)=O)CC2)ccc1N. The quantitative estimate of drug-likeness (QED) is 0.647. The number of nitrogen functional groups attached to an aromatic ring is 1. The molecule has 21 heavy (non-hydrogen) atoms. The van der Waals surface area contributed by atoms with E-state index < -0.39 is 0 Å². The van der Waals surface area contributed by atoms with Gasteiger partial charge in [0, 0.05) is 52.0 Å². The van der Waals surface area contributed by atoms with Crippen LogP contribution >= 0.6 is 0 Å². The average Bonchev–Trinajstić information content (AvgIpc) is 2.49. The Hall–Kier alpha value is -1.95. The lowest BCUT2D eigenvalue weighted by Gasteiger charge is -2.35. The van der Waals surface area contributed by atoms with Gasteiger partial charge in [-0.25, -0.2) is 0 Å². The van der Waals surface area contributed by atoms with E-state index in [1.165, 1.54) is 0 Å². The molecule has 0 unspecified atom stereocenters. The van der Waals surface area contributed by atoms with Crippen molar-refractivity contribution in [3.8, 4) is 5.75 Å². The normalized spacial score (nSPS) is 15.1. The minimum absolute atomic E-state index is 0.135. The second kappa shape index (κ2) is 7.17. The summed E-state index contributed by atoms with van der Waals surface area (Å²) in [5.41, 5.74) is 7.62. The van der Waals surface area contributed by atoms with Crippen molar-refractivity contribution in [1.29, 1.82) is 0 Å². The standard InChI is InChI=1S/C15H23N3O3/c1-12(19)17-5-7-18(8-6-17)13-3-4-14(16)15(11-13)21-10-9-20-2/h3-4,11H,5-10,16H2,1-2H3. The maximum Gasteiger partial charge on any atom is 0.219 e. The Kier molecular flexibility index (Phi) is 5.27. The molecular formula is C15H23N3O3. The highest BCUT2D eigenvalue weighted by Gasteiger charge is 2.19. The Balaban J connectivity index is 2.00. The Morgan fingerprint density at radius 3 is 2.57 bits per heavy atom. The van der Waals surface area contributed by atoms with Gasteiger partial charge in [0.25, 0.3) is 0 Å². The maximum absolute atomic E-state index is 11.3. The number of nitrogens with zero attached hydrogens (tertiary/aromatic N) is 2. The summed E-state index contributed by atoms with van der Waals surface area (Å²) in [5, 5.41) is 0. The van der Waals surface area contributed by atoms with Crippen molar-refractivity contribution in [2.75, 3.05) is 57.1 Å². The number of carbonyl (C=O) groups is 1. The molecule has 1 aromatic carbocycles. The van der Waals surface area contributed by atoms with Gasteiger partial charge in [0.15, 0.2) is 0 Å². The van der Waals surface area contributed by atoms with Gasteiger partial charge in [-0.3, -0.25) is 4.79 Å². The number of hydrogen-bond donors (Lipinski definition) is 1. The predicted molar refractivity (Wildman–Crippen MR) is 82.7 cm³/mol. The van der Waals surface area contributed by atoms with E-state index in [1.807, 2.05) is 23.1 Å². The molecule has 0 bridgehead atoms. The highest BCUT2D eigenvalue weighted by atomic mass is 16.5. The van der Waals surface area contributed by atoms with E-state index >= 15 is 0 Å². The Bertz CT molecular complexity index is 485. The summed E-state index contributed by atoms with van der Waals surface area (Å²) in [6, 6.07) is 5.80. The van der Waals surface area contributed by atoms with Gasteiger partial charge in [0.2, 0.25) is 5.91 Å². The molecule has 0 radical (unpaired) electrons. The van der Waals surface area contributed by atoms with E-state index in [2.05, 4.69) is 4.90 Å². The molecule has 1 amide bonds. The van der Waals surface area contributed by atoms with E-state index in [4.69, 9.17) is 15.2 Å². The van der Waals surface area contributed by atoms with E-state index in [9.17, 15) is 4.79 Å². The van der Waals surface area contributed by atoms with Gasteiger partial charge in [-0.2, -0.15) is 0 Å². The molecule has 116 valence electrons. The first-order valence-electron chi connectivity index (χ1n) is 7.13. The van der Waals surface area contributed by atoms with E-state index in [0.29, 0.717) is 24.7 Å². The summed E-state index contributed by atoms with van der Waals surface area (Å²) in [6.45, 7) is 5.75. The van der Waals surface area contributed by atoms with Gasteiger partial charge < -0.3 is 25.0 Å². The molecule has 0 spiro atoms. The van der Waals surface area contributed by atoms with E-state index in [0.717, 1.165) is 31.9 Å². The first kappa shape index (κ1) is 15.4. The molecule has 6 nitrogen and oxygen atoms in total. The molecule has 2 N–H and O–H groups in total. The number of hydrogen-bond acceptors (Lipinski definition) is 5. The predicted octanol–water partition coefficient (Wildman–Crippen LogP) is 0.963. The third-order valence-electron chi connectivity index (χ3n) is 3.63. The molecule has 1 aromatic rings. The number of piperazine rings is 1. The van der Waals surface area contributed by atoms with Crippen molar-refractivity contribution in [3.05, 3.63) is 18.2 Å². The van der Waals surface area contributed by atoms with Crippen molar-refractivity contribution in [3.63, 3.8) is 0 Å². The van der Waals surface area contributed by atoms with Crippen LogP contribution in [0.5, 0.6) is 5.75 Å². The molecule has 0 aromatic heterocycles. The molecule has 1 fully saturated rings. The lowest BCUT2D eigenvalue weighted by Crippen LogP contribution is -2.48. The van der Waals surface area contributed by atoms with Crippen LogP contribution in [0.4, 0.5) is 11.4 Å². The van der Waals surface area contributed by atoms with Crippen molar-refractivity contribution in [2.45, 2.75) is 6.92 Å². The largest absolute Gasteiger partial charge is 0.489 e. The van der Waals surface area contributed by atoms with Crippen LogP contribution < -0.4 is 15.4 Å². The van der Waals surface area contributed by atoms with Gasteiger partial charge in [-0.05, 0) is 12.1 Å². The number of rotatable bonds is 5. The zero-order valence-corrected chi connectivity index (χ0v) is 12.7. The monoisotopic (exact) mass is 293 g/mol. The Morgan fingerprint density at radius 1 is 1.24 bits per heavy atom. The summed E-state index contributed by atoms with van der Waals surface area (Å²) in [5.74, 6) is 0.814. The summed E-state index contributed by atoms with van der Waals surface area (Å²) in [7, 11) is 1.64. The summed E-state index contributed by atoms with van der Waals surface area (Å²) < 4.78 is 10.6. The number of benzene rings is 1. The van der Waals surface area contributed by atoms with Gasteiger partial charge in [-0.1, -0.05) is 0 Å². The number of amides is 1. The summed E-state index contributed by atoms with van der Waals surface area (Å²) >= 11 is 0. The molecule has 1 aliphatic heterocycles. The number of ether oxygens (including phenoxy) is 2. The topological polar surface area (TPSA) is 68.0 Å². The fraction of sp³-hybridized carbons (Fsp3) is 0.533. The van der Waals surface area contributed by atoms with Crippen LogP contribution in [0.1, 0.15) is 6.92 Å². The zero-order valence-electron chi connectivity index (χ0n) is 12.7. The molecular weight excluding hydrogens is 270 g/mol. The third-order valence-corrected chi connectivity index (χ3v) is 3.63. The van der Waals surface area contributed by atoms with Crippen molar-refractivity contribution in [2.24, 2.45) is 0 Å². The maximum atomic E-state index is 11.3. The first-order valence-corrected chi connectivity index (χ1v) is 7.13. The van der Waals surface area contributed by atoms with Crippen LogP contribution in [-0.2, 0) is 9.53 Å². The lowest BCUT2D eigenvalue weighted by molar-refractivity contribution is -0.129. The zero-order chi connectivity index (χ0) is 15.2. The van der Waals surface area contributed by atoms with E-state index in [-0.39, 0.29) is 5.91 Å². The third kappa shape index (κ3) is 4.01. The Labute approximate surface area is 125 Å². The molecule has 0 saturated carbocycles. The van der Waals surface area contributed by atoms with Crippen LogP contribution in [0.25, 0.3) is 0 Å². The van der Waals surface area contributed by atoms with Gasteiger partial charge >= 0.3 is 0 Å². The number of methoxy groups -OCH3 is 1. The Morgan fingerprint density at radius 2 is 1.95 bits per heavy atom. The molecule has 1 saturated heterocycles. The molecule has 1 heterocycles. The minimum atomic E-state index is 0.135. The highest BCUT2D eigenvalue weighted by molar-refractivity contribution is 5.73. The fourth-order valence-corrected chi connectivity index (χ4v) is 2.36. The summed E-state index contributed by atoms with van der Waals surface area (Å²) in [4.78, 5) is 15.4. The number of anilines is 2. The molecule has 0 aliphatic carbocycles. The second-order valence-electron chi connectivity index (χ2n) is 5.06. The van der Waals surface area contributed by atoms with Crippen molar-refractivity contribution >= 4 is 17.3 Å².